The third-order valence-corrected chi connectivity index (χ3v) is 2.82. The molecular weight excluding hydrogens is 268 g/mol. The second kappa shape index (κ2) is 8.63. The SMILES string of the molecule is CC(=NO)C(C)=NN=C(C)C(C)=NOCc1ccccc1. The Balaban J connectivity index is 2.61. The molecular formula is C15H20N4O2. The van der Waals surface area contributed by atoms with Crippen molar-refractivity contribution in [3.8, 4) is 0 Å². The van der Waals surface area contributed by atoms with Crippen LogP contribution < -0.4 is 0 Å². The Bertz CT molecular complexity index is 575. The lowest BCUT2D eigenvalue weighted by molar-refractivity contribution is 0.131. The van der Waals surface area contributed by atoms with Crippen LogP contribution >= 0.6 is 0 Å². The van der Waals surface area contributed by atoms with Crippen molar-refractivity contribution in [1.29, 1.82) is 0 Å². The van der Waals surface area contributed by atoms with Gasteiger partial charge < -0.3 is 10.0 Å². The molecule has 0 aliphatic carbocycles. The van der Waals surface area contributed by atoms with Crippen LogP contribution in [-0.2, 0) is 11.4 Å². The van der Waals surface area contributed by atoms with Crippen LogP contribution in [0.4, 0.5) is 0 Å². The third kappa shape index (κ3) is 5.99. The first-order valence-corrected chi connectivity index (χ1v) is 6.53. The van der Waals surface area contributed by atoms with Crippen LogP contribution in [0.5, 0.6) is 0 Å². The summed E-state index contributed by atoms with van der Waals surface area (Å²) in [4.78, 5) is 5.27. The molecule has 0 aliphatic heterocycles. The number of benzene rings is 1. The predicted molar refractivity (Wildman–Crippen MR) is 85.5 cm³/mol. The summed E-state index contributed by atoms with van der Waals surface area (Å²) in [5.41, 5.74) is 3.28. The standard InChI is InChI=1S/C15H20N4O2/c1-11(13(3)18-20)16-17-12(2)14(4)19-21-10-15-8-6-5-7-9-15/h5-9,20H,10H2,1-4H3. The van der Waals surface area contributed by atoms with E-state index in [1.54, 1.807) is 27.7 Å². The lowest BCUT2D eigenvalue weighted by Crippen LogP contribution is -2.08. The number of rotatable bonds is 6. The molecule has 1 N–H and O–H groups in total. The van der Waals surface area contributed by atoms with Crippen LogP contribution in [0, 0.1) is 0 Å². The molecule has 0 heterocycles. The van der Waals surface area contributed by atoms with Crippen molar-refractivity contribution in [3.05, 3.63) is 35.9 Å². The highest BCUT2D eigenvalue weighted by molar-refractivity contribution is 6.42. The van der Waals surface area contributed by atoms with Crippen molar-refractivity contribution in [2.45, 2.75) is 34.3 Å². The molecule has 112 valence electrons. The lowest BCUT2D eigenvalue weighted by atomic mass is 10.2. The van der Waals surface area contributed by atoms with Gasteiger partial charge >= 0.3 is 0 Å². The van der Waals surface area contributed by atoms with Gasteiger partial charge in [0.2, 0.25) is 0 Å². The van der Waals surface area contributed by atoms with Gasteiger partial charge in [-0.3, -0.25) is 0 Å². The van der Waals surface area contributed by atoms with Crippen molar-refractivity contribution in [1.82, 2.24) is 0 Å². The number of hydrogen-bond donors (Lipinski definition) is 1. The molecule has 0 fully saturated rings. The molecule has 0 saturated carbocycles. The second-order valence-electron chi connectivity index (χ2n) is 4.49. The molecule has 1 rings (SSSR count). The van der Waals surface area contributed by atoms with Gasteiger partial charge in [0.05, 0.1) is 22.8 Å². The van der Waals surface area contributed by atoms with Crippen molar-refractivity contribution in [3.63, 3.8) is 0 Å². The molecule has 0 unspecified atom stereocenters. The van der Waals surface area contributed by atoms with E-state index in [0.717, 1.165) is 5.56 Å². The highest BCUT2D eigenvalue weighted by atomic mass is 16.6. The van der Waals surface area contributed by atoms with E-state index in [4.69, 9.17) is 10.0 Å². The van der Waals surface area contributed by atoms with Crippen LogP contribution in [0.3, 0.4) is 0 Å². The summed E-state index contributed by atoms with van der Waals surface area (Å²) in [6.45, 7) is 7.34. The molecule has 6 heteroatoms. The van der Waals surface area contributed by atoms with Crippen LogP contribution in [0.15, 0.2) is 50.8 Å². The Morgan fingerprint density at radius 1 is 0.905 bits per heavy atom. The van der Waals surface area contributed by atoms with Crippen LogP contribution in [-0.4, -0.2) is 28.1 Å². The Hall–Kier alpha value is -2.50. The fourth-order valence-electron chi connectivity index (χ4n) is 1.21. The minimum absolute atomic E-state index is 0.407. The van der Waals surface area contributed by atoms with Gasteiger partial charge in [-0.15, -0.1) is 0 Å². The third-order valence-electron chi connectivity index (χ3n) is 2.82. The summed E-state index contributed by atoms with van der Waals surface area (Å²) >= 11 is 0. The fourth-order valence-corrected chi connectivity index (χ4v) is 1.21. The van der Waals surface area contributed by atoms with Crippen molar-refractivity contribution in [2.24, 2.45) is 20.5 Å². The first kappa shape index (κ1) is 16.6. The summed E-state index contributed by atoms with van der Waals surface area (Å²) in [5.74, 6) is 0. The maximum absolute atomic E-state index is 8.62. The van der Waals surface area contributed by atoms with E-state index in [1.165, 1.54) is 0 Å². The van der Waals surface area contributed by atoms with Crippen LogP contribution in [0.1, 0.15) is 33.3 Å². The van der Waals surface area contributed by atoms with Crippen LogP contribution in [0.2, 0.25) is 0 Å². The van der Waals surface area contributed by atoms with Gasteiger partial charge in [0.15, 0.2) is 0 Å². The summed E-state index contributed by atoms with van der Waals surface area (Å²) in [7, 11) is 0. The van der Waals surface area contributed by atoms with E-state index in [2.05, 4.69) is 20.5 Å². The van der Waals surface area contributed by atoms with Crippen LogP contribution in [0.25, 0.3) is 0 Å². The molecule has 0 aromatic heterocycles. The normalized spacial score (nSPS) is 14.3. The van der Waals surface area contributed by atoms with Gasteiger partial charge in [-0.05, 0) is 33.3 Å². The average Bonchev–Trinajstić information content (AvgIpc) is 2.52. The zero-order valence-corrected chi connectivity index (χ0v) is 12.7. The Morgan fingerprint density at radius 2 is 1.48 bits per heavy atom. The molecule has 0 spiro atoms. The monoisotopic (exact) mass is 288 g/mol. The van der Waals surface area contributed by atoms with Gasteiger partial charge in [-0.25, -0.2) is 0 Å². The number of oxime groups is 2. The Morgan fingerprint density at radius 3 is 2.05 bits per heavy atom. The van der Waals surface area contributed by atoms with Crippen molar-refractivity contribution >= 4 is 22.8 Å². The molecule has 1 aromatic carbocycles. The van der Waals surface area contributed by atoms with E-state index in [1.807, 2.05) is 30.3 Å². The summed E-state index contributed by atoms with van der Waals surface area (Å²) < 4.78 is 0. The highest BCUT2D eigenvalue weighted by Gasteiger charge is 2.00. The topological polar surface area (TPSA) is 78.9 Å². The molecule has 0 amide bonds. The fraction of sp³-hybridized carbons (Fsp3) is 0.333. The number of hydrogen-bond acceptors (Lipinski definition) is 6. The Kier molecular flexibility index (Phi) is 6.80. The smallest absolute Gasteiger partial charge is 0.142 e. The molecule has 21 heavy (non-hydrogen) atoms. The van der Waals surface area contributed by atoms with Gasteiger partial charge in [0.1, 0.15) is 6.61 Å². The van der Waals surface area contributed by atoms with E-state index in [0.29, 0.717) is 29.5 Å². The summed E-state index contributed by atoms with van der Waals surface area (Å²) in [6.07, 6.45) is 0. The van der Waals surface area contributed by atoms with Crippen molar-refractivity contribution in [2.75, 3.05) is 0 Å². The molecule has 0 saturated heterocycles. The molecule has 6 nitrogen and oxygen atoms in total. The Labute approximate surface area is 124 Å². The van der Waals surface area contributed by atoms with Gasteiger partial charge in [0, 0.05) is 0 Å². The predicted octanol–water partition coefficient (Wildman–Crippen LogP) is 3.27. The van der Waals surface area contributed by atoms with E-state index < -0.39 is 0 Å². The van der Waals surface area contributed by atoms with E-state index >= 15 is 0 Å². The molecule has 0 aliphatic rings. The lowest BCUT2D eigenvalue weighted by Gasteiger charge is -2.01. The molecule has 0 atom stereocenters. The first-order valence-electron chi connectivity index (χ1n) is 6.53. The summed E-state index contributed by atoms with van der Waals surface area (Å²) in [6, 6.07) is 9.79. The zero-order valence-electron chi connectivity index (χ0n) is 12.7. The maximum atomic E-state index is 8.62. The molecule has 0 radical (unpaired) electrons. The highest BCUT2D eigenvalue weighted by Crippen LogP contribution is 2.01. The van der Waals surface area contributed by atoms with Gasteiger partial charge in [0.25, 0.3) is 0 Å². The average molecular weight is 288 g/mol. The minimum Gasteiger partial charge on any atom is -0.411 e. The largest absolute Gasteiger partial charge is 0.411 e. The number of nitrogens with zero attached hydrogens (tertiary/aromatic N) is 4. The minimum atomic E-state index is 0.407. The first-order chi connectivity index (χ1) is 10.0. The summed E-state index contributed by atoms with van der Waals surface area (Å²) in [5, 5.41) is 23.7. The van der Waals surface area contributed by atoms with E-state index in [9.17, 15) is 0 Å². The van der Waals surface area contributed by atoms with Crippen molar-refractivity contribution < 1.29 is 10.0 Å². The second-order valence-corrected chi connectivity index (χ2v) is 4.49. The molecule has 1 aromatic rings. The van der Waals surface area contributed by atoms with Gasteiger partial charge in [-0.1, -0.05) is 40.6 Å². The van der Waals surface area contributed by atoms with Gasteiger partial charge in [-0.2, -0.15) is 10.2 Å². The zero-order chi connectivity index (χ0) is 15.7. The maximum Gasteiger partial charge on any atom is 0.142 e. The quantitative estimate of drug-likeness (QED) is 0.495. The molecule has 0 bridgehead atoms. The van der Waals surface area contributed by atoms with E-state index in [-0.39, 0.29) is 0 Å².